The zero-order chi connectivity index (χ0) is 10.8. The molecule has 0 aromatic carbocycles. The summed E-state index contributed by atoms with van der Waals surface area (Å²) in [6.07, 6.45) is 2.31. The monoisotopic (exact) mass is 200 g/mol. The lowest BCUT2D eigenvalue weighted by Crippen LogP contribution is -2.53. The maximum atomic E-state index is 11.2. The van der Waals surface area contributed by atoms with Gasteiger partial charge in [-0.15, -0.1) is 0 Å². The second kappa shape index (κ2) is 3.86. The van der Waals surface area contributed by atoms with E-state index in [1.807, 2.05) is 0 Å². The third-order valence-electron chi connectivity index (χ3n) is 2.21. The van der Waals surface area contributed by atoms with Gasteiger partial charge in [0.1, 0.15) is 5.54 Å². The number of urea groups is 1. The van der Waals surface area contributed by atoms with Gasteiger partial charge in [0.05, 0.1) is 0 Å². The Hall–Kier alpha value is -1.26. The van der Waals surface area contributed by atoms with E-state index < -0.39 is 17.5 Å². The molecule has 1 fully saturated rings. The van der Waals surface area contributed by atoms with Crippen LogP contribution in [0.1, 0.15) is 26.7 Å². The van der Waals surface area contributed by atoms with E-state index in [0.717, 1.165) is 12.8 Å². The van der Waals surface area contributed by atoms with Crippen LogP contribution in [0.15, 0.2) is 0 Å². The SMILES string of the molecule is CC(C)(NC(=O)NCC1CC1)C(=O)O. The Morgan fingerprint density at radius 1 is 1.43 bits per heavy atom. The Labute approximate surface area is 82.9 Å². The highest BCUT2D eigenvalue weighted by atomic mass is 16.4. The van der Waals surface area contributed by atoms with Gasteiger partial charge in [-0.1, -0.05) is 0 Å². The maximum Gasteiger partial charge on any atom is 0.328 e. The zero-order valence-corrected chi connectivity index (χ0v) is 8.46. The summed E-state index contributed by atoms with van der Waals surface area (Å²) in [6.45, 7) is 3.54. The van der Waals surface area contributed by atoms with Gasteiger partial charge in [0.2, 0.25) is 0 Å². The van der Waals surface area contributed by atoms with Crippen LogP contribution in [0.5, 0.6) is 0 Å². The Kier molecular flexibility index (Phi) is 2.98. The first kappa shape index (κ1) is 10.8. The fourth-order valence-corrected chi connectivity index (χ4v) is 0.940. The number of hydrogen-bond acceptors (Lipinski definition) is 2. The largest absolute Gasteiger partial charge is 0.480 e. The van der Waals surface area contributed by atoms with Crippen LogP contribution in [0.25, 0.3) is 0 Å². The van der Waals surface area contributed by atoms with Gasteiger partial charge in [-0.25, -0.2) is 9.59 Å². The zero-order valence-electron chi connectivity index (χ0n) is 8.46. The van der Waals surface area contributed by atoms with Gasteiger partial charge in [0.25, 0.3) is 0 Å². The number of carboxylic acid groups (broad SMARTS) is 1. The summed E-state index contributed by atoms with van der Waals surface area (Å²) in [6, 6.07) is -0.413. The normalized spacial score (nSPS) is 16.1. The highest BCUT2D eigenvalue weighted by Crippen LogP contribution is 2.27. The average Bonchev–Trinajstić information content (AvgIpc) is 2.82. The minimum atomic E-state index is -1.21. The van der Waals surface area contributed by atoms with E-state index in [-0.39, 0.29) is 0 Å². The minimum Gasteiger partial charge on any atom is -0.480 e. The third kappa shape index (κ3) is 3.24. The lowest BCUT2D eigenvalue weighted by molar-refractivity contribution is -0.142. The molecule has 0 saturated heterocycles. The van der Waals surface area contributed by atoms with Crippen LogP contribution in [0, 0.1) is 5.92 Å². The van der Waals surface area contributed by atoms with Crippen molar-refractivity contribution in [2.75, 3.05) is 6.54 Å². The molecule has 5 heteroatoms. The molecule has 3 N–H and O–H groups in total. The summed E-state index contributed by atoms with van der Waals surface area (Å²) >= 11 is 0. The van der Waals surface area contributed by atoms with E-state index in [9.17, 15) is 9.59 Å². The van der Waals surface area contributed by atoms with Crippen molar-refractivity contribution in [1.82, 2.24) is 10.6 Å². The van der Waals surface area contributed by atoms with E-state index in [1.54, 1.807) is 0 Å². The standard InChI is InChI=1S/C9H16N2O3/c1-9(2,7(12)13)11-8(14)10-5-6-3-4-6/h6H,3-5H2,1-2H3,(H,12,13)(H2,10,11,14). The summed E-state index contributed by atoms with van der Waals surface area (Å²) in [5.74, 6) is -0.451. The summed E-state index contributed by atoms with van der Waals surface area (Å²) in [5.41, 5.74) is -1.21. The Morgan fingerprint density at radius 3 is 2.43 bits per heavy atom. The van der Waals surface area contributed by atoms with Crippen molar-refractivity contribution in [3.8, 4) is 0 Å². The first-order valence-electron chi connectivity index (χ1n) is 4.71. The van der Waals surface area contributed by atoms with Gasteiger partial charge < -0.3 is 15.7 Å². The molecule has 0 atom stereocenters. The second-order valence-corrected chi connectivity index (χ2v) is 4.21. The molecule has 0 radical (unpaired) electrons. The van der Waals surface area contributed by atoms with E-state index in [4.69, 9.17) is 5.11 Å². The molecular weight excluding hydrogens is 184 g/mol. The fraction of sp³-hybridized carbons (Fsp3) is 0.778. The highest BCUT2D eigenvalue weighted by Gasteiger charge is 2.29. The van der Waals surface area contributed by atoms with Gasteiger partial charge in [-0.05, 0) is 32.6 Å². The van der Waals surface area contributed by atoms with Crippen LogP contribution in [0.4, 0.5) is 4.79 Å². The van der Waals surface area contributed by atoms with Crippen LogP contribution in [0.3, 0.4) is 0 Å². The highest BCUT2D eigenvalue weighted by molar-refractivity contribution is 5.85. The van der Waals surface area contributed by atoms with Gasteiger partial charge in [-0.2, -0.15) is 0 Å². The first-order chi connectivity index (χ1) is 6.42. The van der Waals surface area contributed by atoms with Crippen molar-refractivity contribution in [2.24, 2.45) is 5.92 Å². The first-order valence-corrected chi connectivity index (χ1v) is 4.71. The molecule has 14 heavy (non-hydrogen) atoms. The Balaban J connectivity index is 2.27. The van der Waals surface area contributed by atoms with Gasteiger partial charge in [0, 0.05) is 6.54 Å². The number of nitrogens with one attached hydrogen (secondary N) is 2. The van der Waals surface area contributed by atoms with E-state index in [1.165, 1.54) is 13.8 Å². The van der Waals surface area contributed by atoms with Crippen LogP contribution in [-0.2, 0) is 4.79 Å². The number of amides is 2. The molecule has 0 aromatic rings. The predicted molar refractivity (Wildman–Crippen MR) is 51.0 cm³/mol. The van der Waals surface area contributed by atoms with E-state index >= 15 is 0 Å². The molecule has 0 bridgehead atoms. The molecule has 1 rings (SSSR count). The van der Waals surface area contributed by atoms with Crippen molar-refractivity contribution < 1.29 is 14.7 Å². The van der Waals surface area contributed by atoms with Crippen molar-refractivity contribution in [1.29, 1.82) is 0 Å². The molecular formula is C9H16N2O3. The smallest absolute Gasteiger partial charge is 0.328 e. The molecule has 1 aliphatic rings. The topological polar surface area (TPSA) is 78.4 Å². The van der Waals surface area contributed by atoms with Crippen LogP contribution in [-0.4, -0.2) is 29.2 Å². The van der Waals surface area contributed by atoms with Crippen LogP contribution in [0.2, 0.25) is 0 Å². The average molecular weight is 200 g/mol. The van der Waals surface area contributed by atoms with Crippen molar-refractivity contribution in [2.45, 2.75) is 32.2 Å². The lowest BCUT2D eigenvalue weighted by atomic mass is 10.1. The number of rotatable bonds is 4. The van der Waals surface area contributed by atoms with Crippen molar-refractivity contribution in [3.63, 3.8) is 0 Å². The van der Waals surface area contributed by atoms with Gasteiger partial charge in [-0.3, -0.25) is 0 Å². The molecule has 5 nitrogen and oxygen atoms in total. The molecule has 0 aromatic heterocycles. The van der Waals surface area contributed by atoms with Gasteiger partial charge in [0.15, 0.2) is 0 Å². The third-order valence-corrected chi connectivity index (χ3v) is 2.21. The Morgan fingerprint density at radius 2 is 2.00 bits per heavy atom. The van der Waals surface area contributed by atoms with Crippen molar-refractivity contribution >= 4 is 12.0 Å². The summed E-state index contributed by atoms with van der Waals surface area (Å²) in [7, 11) is 0. The molecule has 1 aliphatic carbocycles. The molecule has 0 unspecified atom stereocenters. The fourth-order valence-electron chi connectivity index (χ4n) is 0.940. The predicted octanol–water partition coefficient (Wildman–Crippen LogP) is 0.559. The molecule has 2 amide bonds. The van der Waals surface area contributed by atoms with Gasteiger partial charge >= 0.3 is 12.0 Å². The summed E-state index contributed by atoms with van der Waals surface area (Å²) < 4.78 is 0. The quantitative estimate of drug-likeness (QED) is 0.620. The number of carboxylic acids is 1. The number of aliphatic carboxylic acids is 1. The molecule has 0 aliphatic heterocycles. The van der Waals surface area contributed by atoms with Crippen LogP contribution < -0.4 is 10.6 Å². The number of carbonyl (C=O) groups excluding carboxylic acids is 1. The minimum absolute atomic E-state index is 0.413. The molecule has 0 heterocycles. The van der Waals surface area contributed by atoms with Crippen molar-refractivity contribution in [3.05, 3.63) is 0 Å². The number of carbonyl (C=O) groups is 2. The molecule has 80 valence electrons. The van der Waals surface area contributed by atoms with E-state index in [2.05, 4.69) is 10.6 Å². The maximum absolute atomic E-state index is 11.2. The van der Waals surface area contributed by atoms with E-state index in [0.29, 0.717) is 12.5 Å². The lowest BCUT2D eigenvalue weighted by Gasteiger charge is -2.21. The summed E-state index contributed by atoms with van der Waals surface area (Å²) in [4.78, 5) is 21.9. The van der Waals surface area contributed by atoms with Crippen LogP contribution >= 0.6 is 0 Å². The Bertz CT molecular complexity index is 246. The summed E-state index contributed by atoms with van der Waals surface area (Å²) in [5, 5.41) is 13.8. The number of hydrogen-bond donors (Lipinski definition) is 3. The molecule has 1 saturated carbocycles. The molecule has 0 spiro atoms. The second-order valence-electron chi connectivity index (χ2n) is 4.21.